The van der Waals surface area contributed by atoms with Crippen LogP contribution in [0.5, 0.6) is 0 Å². The predicted octanol–water partition coefficient (Wildman–Crippen LogP) is 4.13. The first-order valence-corrected chi connectivity index (χ1v) is 9.89. The minimum Gasteiger partial charge on any atom is -0.329 e. The van der Waals surface area contributed by atoms with Gasteiger partial charge >= 0.3 is 12.2 Å². The molecule has 2 N–H and O–H groups in total. The summed E-state index contributed by atoms with van der Waals surface area (Å²) >= 11 is 0. The van der Waals surface area contributed by atoms with E-state index in [2.05, 4.69) is 27.1 Å². The highest BCUT2D eigenvalue weighted by molar-refractivity contribution is 5.90. The molecule has 168 valence electrons. The molecule has 3 aromatic heterocycles. The summed E-state index contributed by atoms with van der Waals surface area (Å²) in [7, 11) is 1.90. The molecule has 2 amide bonds. The quantitative estimate of drug-likeness (QED) is 0.459. The summed E-state index contributed by atoms with van der Waals surface area (Å²) < 4.78 is 40.6. The van der Waals surface area contributed by atoms with E-state index >= 15 is 0 Å². The third-order valence-corrected chi connectivity index (χ3v) is 4.93. The van der Waals surface area contributed by atoms with Crippen LogP contribution in [0.4, 0.5) is 23.7 Å². The number of fused-ring (bicyclic) bond motifs is 1. The number of hydrogen-bond donors (Lipinski definition) is 2. The molecule has 0 radical (unpaired) electrons. The van der Waals surface area contributed by atoms with Gasteiger partial charge in [0.15, 0.2) is 0 Å². The number of anilines is 1. The largest absolute Gasteiger partial charge is 0.405 e. The first-order chi connectivity index (χ1) is 15.7. The summed E-state index contributed by atoms with van der Waals surface area (Å²) in [6.07, 6.45) is 0.765. The zero-order chi connectivity index (χ0) is 23.6. The molecule has 0 aliphatic rings. The first-order valence-electron chi connectivity index (χ1n) is 9.89. The maximum absolute atomic E-state index is 12.3. The van der Waals surface area contributed by atoms with Crippen LogP contribution in [-0.2, 0) is 7.05 Å². The number of benzene rings is 1. The van der Waals surface area contributed by atoms with Crippen molar-refractivity contribution in [2.75, 3.05) is 11.9 Å². The Bertz CT molecular complexity index is 1390. The number of pyridine rings is 1. The lowest BCUT2D eigenvalue weighted by atomic mass is 10.1. The van der Waals surface area contributed by atoms with Gasteiger partial charge in [-0.15, -0.1) is 0 Å². The fourth-order valence-electron chi connectivity index (χ4n) is 3.14. The Kier molecular flexibility index (Phi) is 5.79. The number of aromatic nitrogens is 4. The molecular weight excluding hydrogens is 433 g/mol. The van der Waals surface area contributed by atoms with Crippen molar-refractivity contribution >= 4 is 17.4 Å². The summed E-state index contributed by atoms with van der Waals surface area (Å²) in [5, 5.41) is 4.19. The molecule has 0 aliphatic carbocycles. The maximum atomic E-state index is 12.3. The van der Waals surface area contributed by atoms with Crippen LogP contribution in [0.3, 0.4) is 0 Å². The Morgan fingerprint density at radius 2 is 1.94 bits per heavy atom. The average molecular weight is 452 g/mol. The number of halogens is 3. The Hall–Kier alpha value is -4.26. The lowest BCUT2D eigenvalue weighted by Gasteiger charge is -2.10. The topological polar surface area (TPSA) is 76.2 Å². The highest BCUT2D eigenvalue weighted by Gasteiger charge is 2.27. The lowest BCUT2D eigenvalue weighted by Crippen LogP contribution is -2.36. The second-order valence-electron chi connectivity index (χ2n) is 7.29. The van der Waals surface area contributed by atoms with Gasteiger partial charge in [-0.25, -0.2) is 14.8 Å². The molecule has 0 bridgehead atoms. The summed E-state index contributed by atoms with van der Waals surface area (Å²) in [5.74, 6) is 7.08. The van der Waals surface area contributed by atoms with Crippen molar-refractivity contribution in [3.63, 3.8) is 0 Å². The molecule has 0 saturated carbocycles. The molecular formula is C23H19F3N6O. The zero-order valence-electron chi connectivity index (χ0n) is 17.7. The lowest BCUT2D eigenvalue weighted by molar-refractivity contribution is -0.122. The number of carbonyl (C=O) groups excluding carboxylic acids is 1. The van der Waals surface area contributed by atoms with Gasteiger partial charge in [0.1, 0.15) is 23.7 Å². The summed E-state index contributed by atoms with van der Waals surface area (Å²) in [4.78, 5) is 20.4. The smallest absolute Gasteiger partial charge is 0.329 e. The van der Waals surface area contributed by atoms with E-state index < -0.39 is 18.8 Å². The van der Waals surface area contributed by atoms with Crippen molar-refractivity contribution in [1.29, 1.82) is 0 Å². The molecule has 0 atom stereocenters. The standard InChI is InChI=1S/C23H19F3N6O/c1-15-27-12-19(31(15)2)7-6-16-8-9-32-20(13-28-21(32)10-16)17-4-3-5-18(11-17)30-22(33)29-14-23(24,25)26/h3-5,8-13H,14H2,1-2H3,(H2,29,30,33). The number of alkyl halides is 3. The number of urea groups is 1. The van der Waals surface area contributed by atoms with Gasteiger partial charge in [0.05, 0.1) is 18.1 Å². The van der Waals surface area contributed by atoms with Gasteiger partial charge in [0.2, 0.25) is 0 Å². The van der Waals surface area contributed by atoms with E-state index in [9.17, 15) is 18.0 Å². The molecule has 0 spiro atoms. The van der Waals surface area contributed by atoms with Crippen molar-refractivity contribution in [1.82, 2.24) is 24.3 Å². The second-order valence-corrected chi connectivity index (χ2v) is 7.29. The minimum absolute atomic E-state index is 0.357. The maximum Gasteiger partial charge on any atom is 0.405 e. The Balaban J connectivity index is 1.54. The first kappa shape index (κ1) is 22.0. The van der Waals surface area contributed by atoms with Crippen LogP contribution in [0, 0.1) is 18.8 Å². The highest BCUT2D eigenvalue weighted by atomic mass is 19.4. The van der Waals surface area contributed by atoms with Crippen LogP contribution in [0.2, 0.25) is 0 Å². The number of aryl methyl sites for hydroxylation is 1. The van der Waals surface area contributed by atoms with Gasteiger partial charge in [-0.3, -0.25) is 4.40 Å². The number of nitrogens with one attached hydrogen (secondary N) is 2. The van der Waals surface area contributed by atoms with Crippen molar-refractivity contribution in [3.05, 3.63) is 72.1 Å². The van der Waals surface area contributed by atoms with Gasteiger partial charge < -0.3 is 15.2 Å². The zero-order valence-corrected chi connectivity index (χ0v) is 17.7. The van der Waals surface area contributed by atoms with E-state index in [1.165, 1.54) is 0 Å². The van der Waals surface area contributed by atoms with E-state index in [1.807, 2.05) is 47.3 Å². The van der Waals surface area contributed by atoms with Gasteiger partial charge in [-0.1, -0.05) is 18.1 Å². The average Bonchev–Trinajstić information content (AvgIpc) is 3.33. The van der Waals surface area contributed by atoms with Crippen LogP contribution in [-0.4, -0.2) is 37.7 Å². The summed E-state index contributed by atoms with van der Waals surface area (Å²) in [6.45, 7) is 0.500. The van der Waals surface area contributed by atoms with Crippen LogP contribution in [0.25, 0.3) is 16.9 Å². The Labute approximate surface area is 187 Å². The number of amides is 2. The molecule has 1 aromatic carbocycles. The molecule has 0 aliphatic heterocycles. The molecule has 4 rings (SSSR count). The minimum atomic E-state index is -4.48. The SMILES string of the molecule is Cc1ncc(C#Cc2ccn3c(-c4cccc(NC(=O)NCC(F)(F)F)c4)cnc3c2)n1C. The van der Waals surface area contributed by atoms with E-state index in [1.54, 1.807) is 35.9 Å². The van der Waals surface area contributed by atoms with Crippen molar-refractivity contribution in [3.8, 4) is 23.1 Å². The van der Waals surface area contributed by atoms with Crippen molar-refractivity contribution in [2.24, 2.45) is 7.05 Å². The van der Waals surface area contributed by atoms with E-state index in [-0.39, 0.29) is 0 Å². The molecule has 0 saturated heterocycles. The number of imidazole rings is 2. The van der Waals surface area contributed by atoms with Gasteiger partial charge in [-0.05, 0) is 37.1 Å². The van der Waals surface area contributed by atoms with Gasteiger partial charge in [0.25, 0.3) is 0 Å². The molecule has 0 fully saturated rings. The fraction of sp³-hybridized carbons (Fsp3) is 0.174. The monoisotopic (exact) mass is 452 g/mol. The van der Waals surface area contributed by atoms with E-state index in [0.717, 1.165) is 28.3 Å². The molecule has 4 aromatic rings. The summed E-state index contributed by atoms with van der Waals surface area (Å²) in [6, 6.07) is 9.55. The Morgan fingerprint density at radius 3 is 2.67 bits per heavy atom. The molecule has 7 nitrogen and oxygen atoms in total. The molecule has 33 heavy (non-hydrogen) atoms. The Morgan fingerprint density at radius 1 is 1.12 bits per heavy atom. The van der Waals surface area contributed by atoms with E-state index in [0.29, 0.717) is 11.3 Å². The van der Waals surface area contributed by atoms with Gasteiger partial charge in [0, 0.05) is 30.1 Å². The fourth-order valence-corrected chi connectivity index (χ4v) is 3.14. The molecule has 0 unspecified atom stereocenters. The van der Waals surface area contributed by atoms with E-state index in [4.69, 9.17) is 0 Å². The number of carbonyl (C=O) groups is 1. The number of nitrogens with zero attached hydrogens (tertiary/aromatic N) is 4. The third-order valence-electron chi connectivity index (χ3n) is 4.93. The number of rotatable bonds is 3. The van der Waals surface area contributed by atoms with Crippen molar-refractivity contribution in [2.45, 2.75) is 13.1 Å². The number of hydrogen-bond acceptors (Lipinski definition) is 3. The van der Waals surface area contributed by atoms with Crippen LogP contribution in [0.1, 0.15) is 17.1 Å². The second kappa shape index (κ2) is 8.70. The highest BCUT2D eigenvalue weighted by Crippen LogP contribution is 2.24. The van der Waals surface area contributed by atoms with Crippen LogP contribution < -0.4 is 10.6 Å². The third kappa shape index (κ3) is 5.15. The van der Waals surface area contributed by atoms with Crippen LogP contribution >= 0.6 is 0 Å². The molecule has 10 heteroatoms. The van der Waals surface area contributed by atoms with Crippen LogP contribution in [0.15, 0.2) is 55.0 Å². The van der Waals surface area contributed by atoms with Gasteiger partial charge in [-0.2, -0.15) is 13.2 Å². The summed E-state index contributed by atoms with van der Waals surface area (Å²) in [5.41, 5.74) is 4.12. The van der Waals surface area contributed by atoms with Crippen molar-refractivity contribution < 1.29 is 18.0 Å². The molecule has 3 heterocycles. The normalized spacial score (nSPS) is 11.2. The predicted molar refractivity (Wildman–Crippen MR) is 118 cm³/mol.